The molecule has 6 heteroatoms. The Morgan fingerprint density at radius 1 is 1.12 bits per heavy atom. The van der Waals surface area contributed by atoms with E-state index in [4.69, 9.17) is 4.84 Å². The molecule has 1 fully saturated rings. The maximum Gasteiger partial charge on any atom is 0.337 e. The van der Waals surface area contributed by atoms with Crippen LogP contribution in [0.4, 0.5) is 0 Å². The van der Waals surface area contributed by atoms with Crippen LogP contribution in [0.3, 0.4) is 0 Å². The molecule has 0 spiro atoms. The van der Waals surface area contributed by atoms with Crippen molar-refractivity contribution in [2.45, 2.75) is 58.0 Å². The summed E-state index contributed by atoms with van der Waals surface area (Å²) >= 11 is 0. The van der Waals surface area contributed by atoms with Gasteiger partial charge in [-0.1, -0.05) is 57.1 Å². The molecule has 2 rings (SSSR count). The monoisotopic (exact) mass is 346 g/mol. The van der Waals surface area contributed by atoms with Gasteiger partial charge in [-0.15, -0.1) is 5.06 Å². The highest BCUT2D eigenvalue weighted by atomic mass is 28.3. The van der Waals surface area contributed by atoms with E-state index in [0.29, 0.717) is 16.1 Å². The Morgan fingerprint density at radius 3 is 2.25 bits per heavy atom. The molecule has 0 atom stereocenters. The quantitative estimate of drug-likeness (QED) is 0.586. The maximum atomic E-state index is 12.0. The van der Waals surface area contributed by atoms with Crippen LogP contribution in [0.1, 0.15) is 46.1 Å². The predicted molar refractivity (Wildman–Crippen MR) is 92.9 cm³/mol. The van der Waals surface area contributed by atoms with Gasteiger partial charge in [0.15, 0.2) is 0 Å². The molecule has 5 nitrogen and oxygen atoms in total. The third kappa shape index (κ3) is 4.32. The van der Waals surface area contributed by atoms with Crippen molar-refractivity contribution in [3.8, 4) is 0 Å². The predicted octanol–water partition coefficient (Wildman–Crippen LogP) is 2.36. The molecule has 1 aromatic rings. The summed E-state index contributed by atoms with van der Waals surface area (Å²) in [5, 5.41) is 1.90. The van der Waals surface area contributed by atoms with E-state index in [0.717, 1.165) is 5.56 Å². The van der Waals surface area contributed by atoms with Crippen LogP contribution in [0.25, 0.3) is 0 Å². The van der Waals surface area contributed by atoms with Crippen LogP contribution >= 0.6 is 0 Å². The zero-order valence-corrected chi connectivity index (χ0v) is 15.7. The molecule has 1 heterocycles. The van der Waals surface area contributed by atoms with Crippen LogP contribution in [0.5, 0.6) is 0 Å². The Kier molecular flexibility index (Phi) is 5.93. The fourth-order valence-electron chi connectivity index (χ4n) is 3.15. The van der Waals surface area contributed by atoms with E-state index in [-0.39, 0.29) is 19.3 Å². The number of carbonyl (C=O) groups is 3. The van der Waals surface area contributed by atoms with Gasteiger partial charge in [0.1, 0.15) is 0 Å². The molecule has 0 unspecified atom stereocenters. The number of hydrogen-bond acceptors (Lipinski definition) is 4. The lowest BCUT2D eigenvalue weighted by Crippen LogP contribution is -2.36. The van der Waals surface area contributed by atoms with E-state index < -0.39 is 26.6 Å². The number of hydroxylamine groups is 2. The summed E-state index contributed by atoms with van der Waals surface area (Å²) in [7, 11) is -0.723. The first-order valence-corrected chi connectivity index (χ1v) is 9.97. The van der Waals surface area contributed by atoms with Crippen molar-refractivity contribution in [1.82, 2.24) is 5.06 Å². The molecular weight excluding hydrogens is 322 g/mol. The summed E-state index contributed by atoms with van der Waals surface area (Å²) in [6.45, 7) is 8.94. The van der Waals surface area contributed by atoms with Gasteiger partial charge in [-0.25, -0.2) is 4.79 Å². The fraction of sp³-hybridized carbons (Fsp3) is 0.500. The summed E-state index contributed by atoms with van der Waals surface area (Å²) < 4.78 is 0. The molecule has 24 heavy (non-hydrogen) atoms. The number of imide groups is 1. The van der Waals surface area contributed by atoms with Crippen LogP contribution in [0, 0.1) is 0 Å². The molecule has 1 aromatic carbocycles. The van der Waals surface area contributed by atoms with Crippen LogP contribution in [0.2, 0.25) is 11.1 Å². The van der Waals surface area contributed by atoms with E-state index in [9.17, 15) is 14.4 Å². The van der Waals surface area contributed by atoms with Crippen LogP contribution in [-0.4, -0.2) is 31.6 Å². The first-order valence-electron chi connectivity index (χ1n) is 8.32. The zero-order chi connectivity index (χ0) is 17.9. The second-order valence-corrected chi connectivity index (χ2v) is 10.5. The second kappa shape index (κ2) is 7.74. The highest BCUT2D eigenvalue weighted by Gasteiger charge is 2.32. The van der Waals surface area contributed by atoms with Gasteiger partial charge in [0, 0.05) is 12.8 Å². The number of rotatable bonds is 6. The minimum Gasteiger partial charge on any atom is -0.330 e. The van der Waals surface area contributed by atoms with Gasteiger partial charge in [-0.2, -0.15) is 0 Å². The van der Waals surface area contributed by atoms with E-state index in [1.165, 1.54) is 5.19 Å². The van der Waals surface area contributed by atoms with Gasteiger partial charge < -0.3 is 4.84 Å². The standard InChI is InChI=1S/C18H24NO4Si/c1-12(2)24(13(3)4)15-7-5-6-14(10-15)11-18(22)23-19-16(20)8-9-17(19)21/h5-7,10,12-13H,8-9,11H2,1-4H3. The summed E-state index contributed by atoms with van der Waals surface area (Å²) in [5.74, 6) is -1.49. The topological polar surface area (TPSA) is 63.7 Å². The fourth-order valence-corrected chi connectivity index (χ4v) is 6.46. The zero-order valence-electron chi connectivity index (χ0n) is 14.7. The molecular formula is C18H24NO4Si. The largest absolute Gasteiger partial charge is 0.337 e. The third-order valence-corrected chi connectivity index (χ3v) is 7.52. The van der Waals surface area contributed by atoms with Crippen LogP contribution in [-0.2, 0) is 25.6 Å². The van der Waals surface area contributed by atoms with Crippen molar-refractivity contribution in [2.75, 3.05) is 0 Å². The smallest absolute Gasteiger partial charge is 0.330 e. The highest BCUT2D eigenvalue weighted by Crippen LogP contribution is 2.20. The van der Waals surface area contributed by atoms with Gasteiger partial charge in [0.2, 0.25) is 0 Å². The minimum atomic E-state index is -0.723. The van der Waals surface area contributed by atoms with Crippen molar-refractivity contribution in [3.05, 3.63) is 29.8 Å². The van der Waals surface area contributed by atoms with E-state index in [2.05, 4.69) is 39.8 Å². The summed E-state index contributed by atoms with van der Waals surface area (Å²) in [4.78, 5) is 40.0. The van der Waals surface area contributed by atoms with Gasteiger partial charge in [-0.05, 0) is 16.6 Å². The van der Waals surface area contributed by atoms with Gasteiger partial charge >= 0.3 is 5.97 Å². The van der Waals surface area contributed by atoms with E-state index in [1.807, 2.05) is 12.1 Å². The van der Waals surface area contributed by atoms with Crippen molar-refractivity contribution in [1.29, 1.82) is 0 Å². The molecule has 0 aromatic heterocycles. The molecule has 1 aliphatic rings. The highest BCUT2D eigenvalue weighted by molar-refractivity contribution is 6.75. The minimum absolute atomic E-state index is 0.0518. The van der Waals surface area contributed by atoms with Gasteiger partial charge in [0.05, 0.1) is 15.2 Å². The van der Waals surface area contributed by atoms with E-state index in [1.54, 1.807) is 0 Å². The average molecular weight is 346 g/mol. The molecule has 1 aliphatic heterocycles. The lowest BCUT2D eigenvalue weighted by Gasteiger charge is -2.23. The molecule has 2 amide bonds. The van der Waals surface area contributed by atoms with Crippen molar-refractivity contribution < 1.29 is 19.2 Å². The van der Waals surface area contributed by atoms with E-state index >= 15 is 0 Å². The molecule has 1 saturated heterocycles. The Balaban J connectivity index is 2.07. The first-order chi connectivity index (χ1) is 11.3. The lowest BCUT2D eigenvalue weighted by atomic mass is 10.1. The molecule has 129 valence electrons. The first kappa shape index (κ1) is 18.4. The Morgan fingerprint density at radius 2 is 1.71 bits per heavy atom. The van der Waals surface area contributed by atoms with Crippen molar-refractivity contribution in [3.63, 3.8) is 0 Å². The Labute approximate surface area is 144 Å². The van der Waals surface area contributed by atoms with Crippen LogP contribution < -0.4 is 5.19 Å². The normalized spacial score (nSPS) is 15.0. The second-order valence-electron chi connectivity index (χ2n) is 6.69. The van der Waals surface area contributed by atoms with Gasteiger partial charge in [0.25, 0.3) is 11.8 Å². The number of amides is 2. The Bertz CT molecular complexity index is 618. The van der Waals surface area contributed by atoms with Gasteiger partial charge in [-0.3, -0.25) is 9.59 Å². The van der Waals surface area contributed by atoms with Crippen molar-refractivity contribution in [2.24, 2.45) is 0 Å². The Hall–Kier alpha value is -1.95. The average Bonchev–Trinajstić information content (AvgIpc) is 2.78. The molecule has 0 bridgehead atoms. The number of carbonyl (C=O) groups excluding carboxylic acids is 3. The SMILES string of the molecule is CC(C)[Si](c1cccc(CC(=O)ON2C(=O)CCC2=O)c1)C(C)C. The summed E-state index contributed by atoms with van der Waals surface area (Å²) in [6, 6.07) is 8.01. The third-order valence-electron chi connectivity index (χ3n) is 4.05. The summed E-state index contributed by atoms with van der Waals surface area (Å²) in [6.07, 6.45) is 0.266. The molecule has 1 radical (unpaired) electrons. The number of nitrogens with zero attached hydrogens (tertiary/aromatic N) is 1. The molecule has 0 aliphatic carbocycles. The summed E-state index contributed by atoms with van der Waals surface area (Å²) in [5.41, 5.74) is 2.04. The number of benzene rings is 1. The number of hydrogen-bond donors (Lipinski definition) is 0. The van der Waals surface area contributed by atoms with Crippen LogP contribution in [0.15, 0.2) is 24.3 Å². The molecule has 0 saturated carbocycles. The lowest BCUT2D eigenvalue weighted by molar-refractivity contribution is -0.197. The van der Waals surface area contributed by atoms with Crippen molar-refractivity contribution >= 4 is 31.8 Å². The molecule has 0 N–H and O–H groups in total. The maximum absolute atomic E-state index is 12.0.